The number of nitrogens with zero attached hydrogens (tertiary/aromatic N) is 4. The lowest BCUT2D eigenvalue weighted by Crippen LogP contribution is -2.06. The van der Waals surface area contributed by atoms with Crippen LogP contribution in [-0.4, -0.2) is 19.7 Å². The first-order valence-electron chi connectivity index (χ1n) is 7.02. The summed E-state index contributed by atoms with van der Waals surface area (Å²) in [6.45, 7) is 6.79. The molecule has 1 N–H and O–H groups in total. The molecule has 0 unspecified atom stereocenters. The maximum Gasteiger partial charge on any atom is 0.148 e. The highest BCUT2D eigenvalue weighted by atomic mass is 15.3. The van der Waals surface area contributed by atoms with E-state index in [1.54, 1.807) is 0 Å². The van der Waals surface area contributed by atoms with Gasteiger partial charge in [-0.1, -0.05) is 12.1 Å². The minimum absolute atomic E-state index is 0.708. The molecule has 0 bridgehead atoms. The number of benzene rings is 1. The van der Waals surface area contributed by atoms with Crippen LogP contribution in [0.25, 0.3) is 11.0 Å². The van der Waals surface area contributed by atoms with Gasteiger partial charge in [0.2, 0.25) is 0 Å². The van der Waals surface area contributed by atoms with Crippen molar-refractivity contribution in [1.29, 1.82) is 0 Å². The molecule has 1 aromatic carbocycles. The van der Waals surface area contributed by atoms with Crippen molar-refractivity contribution in [2.45, 2.75) is 27.3 Å². The van der Waals surface area contributed by atoms with Crippen LogP contribution in [0.3, 0.4) is 0 Å². The van der Waals surface area contributed by atoms with Gasteiger partial charge in [-0.15, -0.1) is 0 Å². The molecule has 0 aliphatic rings. The predicted molar refractivity (Wildman–Crippen MR) is 84.3 cm³/mol. The fraction of sp³-hybridized carbons (Fsp3) is 0.312. The van der Waals surface area contributed by atoms with Crippen molar-refractivity contribution in [3.05, 3.63) is 46.9 Å². The second-order valence-electron chi connectivity index (χ2n) is 5.27. The topological polar surface area (TPSA) is 55.6 Å². The van der Waals surface area contributed by atoms with E-state index in [1.807, 2.05) is 49.8 Å². The van der Waals surface area contributed by atoms with Crippen LogP contribution in [-0.2, 0) is 13.6 Å². The van der Waals surface area contributed by atoms with Crippen LogP contribution >= 0.6 is 0 Å². The maximum atomic E-state index is 4.66. The summed E-state index contributed by atoms with van der Waals surface area (Å²) in [6.07, 6.45) is 0. The smallest absolute Gasteiger partial charge is 0.148 e. The summed E-state index contributed by atoms with van der Waals surface area (Å²) >= 11 is 0. The van der Waals surface area contributed by atoms with E-state index < -0.39 is 0 Å². The number of aryl methyl sites for hydroxylation is 3. The molecule has 3 rings (SSSR count). The van der Waals surface area contributed by atoms with Crippen LogP contribution in [0, 0.1) is 20.8 Å². The normalized spacial score (nSPS) is 11.0. The molecule has 0 radical (unpaired) electrons. The van der Waals surface area contributed by atoms with E-state index >= 15 is 0 Å². The van der Waals surface area contributed by atoms with Crippen molar-refractivity contribution in [2.24, 2.45) is 7.05 Å². The molecule has 0 aliphatic heterocycles. The Morgan fingerprint density at radius 2 is 1.67 bits per heavy atom. The van der Waals surface area contributed by atoms with E-state index in [4.69, 9.17) is 0 Å². The van der Waals surface area contributed by atoms with Crippen LogP contribution in [0.4, 0.5) is 5.82 Å². The van der Waals surface area contributed by atoms with Crippen molar-refractivity contribution < 1.29 is 0 Å². The lowest BCUT2D eigenvalue weighted by atomic mass is 10.2. The number of para-hydroxylation sites is 2. The number of hydrogen-bond donors (Lipinski definition) is 1. The van der Waals surface area contributed by atoms with Gasteiger partial charge in [0.15, 0.2) is 0 Å². The molecule has 2 aromatic heterocycles. The first kappa shape index (κ1) is 13.5. The zero-order valence-corrected chi connectivity index (χ0v) is 12.8. The second kappa shape index (κ2) is 5.16. The number of nitrogens with one attached hydrogen (secondary N) is 1. The van der Waals surface area contributed by atoms with Crippen LogP contribution in [0.5, 0.6) is 0 Å². The number of fused-ring (bicyclic) bond motifs is 1. The summed E-state index contributed by atoms with van der Waals surface area (Å²) in [4.78, 5) is 9.25. The lowest BCUT2D eigenvalue weighted by Gasteiger charge is -2.09. The SMILES string of the molecule is Cc1nc2ccccc2nc1NCc1c(C)nn(C)c1C. The summed E-state index contributed by atoms with van der Waals surface area (Å²) in [5.74, 6) is 0.830. The predicted octanol–water partition coefficient (Wildman–Crippen LogP) is 2.90. The average Bonchev–Trinajstić information content (AvgIpc) is 2.70. The van der Waals surface area contributed by atoms with Gasteiger partial charge in [-0.25, -0.2) is 9.97 Å². The maximum absolute atomic E-state index is 4.66. The molecule has 21 heavy (non-hydrogen) atoms. The molecular formula is C16H19N5. The van der Waals surface area contributed by atoms with Gasteiger partial charge in [0.25, 0.3) is 0 Å². The molecular weight excluding hydrogens is 262 g/mol. The molecule has 0 amide bonds. The molecule has 5 nitrogen and oxygen atoms in total. The van der Waals surface area contributed by atoms with Crippen LogP contribution in [0.1, 0.15) is 22.6 Å². The summed E-state index contributed by atoms with van der Waals surface area (Å²) < 4.78 is 1.91. The van der Waals surface area contributed by atoms with Crippen molar-refractivity contribution in [1.82, 2.24) is 19.7 Å². The van der Waals surface area contributed by atoms with Gasteiger partial charge in [-0.05, 0) is 32.9 Å². The fourth-order valence-electron chi connectivity index (χ4n) is 2.50. The van der Waals surface area contributed by atoms with Crippen LogP contribution in [0.2, 0.25) is 0 Å². The summed E-state index contributed by atoms with van der Waals surface area (Å²) in [7, 11) is 1.97. The first-order valence-corrected chi connectivity index (χ1v) is 7.02. The third kappa shape index (κ3) is 2.46. The molecule has 0 aliphatic carbocycles. The molecule has 5 heteroatoms. The van der Waals surface area contributed by atoms with Crippen molar-refractivity contribution in [3.8, 4) is 0 Å². The largest absolute Gasteiger partial charge is 0.364 e. The Balaban J connectivity index is 1.89. The van der Waals surface area contributed by atoms with Gasteiger partial charge in [0.05, 0.1) is 22.4 Å². The molecule has 108 valence electrons. The monoisotopic (exact) mass is 281 g/mol. The molecule has 2 heterocycles. The summed E-state index contributed by atoms with van der Waals surface area (Å²) in [6, 6.07) is 7.92. The van der Waals surface area contributed by atoms with Crippen molar-refractivity contribution >= 4 is 16.9 Å². The van der Waals surface area contributed by atoms with Crippen molar-refractivity contribution in [3.63, 3.8) is 0 Å². The molecule has 0 atom stereocenters. The van der Waals surface area contributed by atoms with Gasteiger partial charge < -0.3 is 5.32 Å². The Labute approximate surface area is 124 Å². The Morgan fingerprint density at radius 3 is 2.29 bits per heavy atom. The molecule has 0 fully saturated rings. The third-order valence-corrected chi connectivity index (χ3v) is 3.84. The van der Waals surface area contributed by atoms with Gasteiger partial charge in [0, 0.05) is 24.8 Å². The van der Waals surface area contributed by atoms with E-state index in [9.17, 15) is 0 Å². The Kier molecular flexibility index (Phi) is 3.33. The number of rotatable bonds is 3. The van der Waals surface area contributed by atoms with Gasteiger partial charge in [-0.3, -0.25) is 4.68 Å². The zero-order valence-electron chi connectivity index (χ0n) is 12.8. The Bertz CT molecular complexity index is 804. The quantitative estimate of drug-likeness (QED) is 0.802. The highest BCUT2D eigenvalue weighted by Gasteiger charge is 2.10. The zero-order chi connectivity index (χ0) is 15.0. The van der Waals surface area contributed by atoms with Crippen LogP contribution in [0.15, 0.2) is 24.3 Å². The molecule has 3 aromatic rings. The highest BCUT2D eigenvalue weighted by molar-refractivity contribution is 5.76. The number of hydrogen-bond acceptors (Lipinski definition) is 4. The minimum Gasteiger partial charge on any atom is -0.364 e. The fourth-order valence-corrected chi connectivity index (χ4v) is 2.50. The standard InChI is InChI=1S/C16H19N5/c1-10-13(12(3)21(4)20-10)9-17-16-11(2)18-14-7-5-6-8-15(14)19-16/h5-8H,9H2,1-4H3,(H,17,19). The van der Waals surface area contributed by atoms with Crippen molar-refractivity contribution in [2.75, 3.05) is 5.32 Å². The first-order chi connectivity index (χ1) is 10.1. The number of aromatic nitrogens is 4. The third-order valence-electron chi connectivity index (χ3n) is 3.84. The molecule has 0 saturated heterocycles. The molecule has 0 saturated carbocycles. The average molecular weight is 281 g/mol. The summed E-state index contributed by atoms with van der Waals surface area (Å²) in [5, 5.41) is 7.83. The Morgan fingerprint density at radius 1 is 1.00 bits per heavy atom. The van der Waals surface area contributed by atoms with E-state index in [1.165, 1.54) is 11.3 Å². The molecule has 0 spiro atoms. The van der Waals surface area contributed by atoms with E-state index in [-0.39, 0.29) is 0 Å². The lowest BCUT2D eigenvalue weighted by molar-refractivity contribution is 0.730. The Hall–Kier alpha value is -2.43. The van der Waals surface area contributed by atoms with Gasteiger partial charge in [0.1, 0.15) is 5.82 Å². The van der Waals surface area contributed by atoms with Gasteiger partial charge in [-0.2, -0.15) is 5.10 Å². The highest BCUT2D eigenvalue weighted by Crippen LogP contribution is 2.18. The number of anilines is 1. The van der Waals surface area contributed by atoms with E-state index in [0.29, 0.717) is 6.54 Å². The van der Waals surface area contributed by atoms with E-state index in [0.717, 1.165) is 28.2 Å². The summed E-state index contributed by atoms with van der Waals surface area (Å²) in [5.41, 5.74) is 6.18. The second-order valence-corrected chi connectivity index (χ2v) is 5.27. The van der Waals surface area contributed by atoms with Gasteiger partial charge >= 0.3 is 0 Å². The van der Waals surface area contributed by atoms with Crippen LogP contribution < -0.4 is 5.32 Å². The minimum atomic E-state index is 0.708. The van der Waals surface area contributed by atoms with E-state index in [2.05, 4.69) is 27.3 Å².